The molecule has 0 spiro atoms. The molecule has 3 atom stereocenters. The highest BCUT2D eigenvalue weighted by atomic mass is 31.2. The fraction of sp³-hybridized carbons (Fsp3) is 0.324. The van der Waals surface area contributed by atoms with Crippen molar-refractivity contribution in [1.29, 1.82) is 0 Å². The number of benzene rings is 2. The summed E-state index contributed by atoms with van der Waals surface area (Å²) in [7, 11) is -4.76. The number of anilines is 2. The molecule has 1 aliphatic rings. The normalized spacial score (nSPS) is 15.9. The molecule has 7 rings (SSSR count). The monoisotopic (exact) mass is 821 g/mol. The number of phosphoric acid groups is 1. The van der Waals surface area contributed by atoms with Gasteiger partial charge in [0.15, 0.2) is 5.60 Å². The van der Waals surface area contributed by atoms with Gasteiger partial charge in [0.25, 0.3) is 0 Å². The highest BCUT2D eigenvalue weighted by molar-refractivity contribution is 7.46. The molecule has 0 unspecified atom stereocenters. The summed E-state index contributed by atoms with van der Waals surface area (Å²) < 4.78 is 66.6. The maximum absolute atomic E-state index is 16.2. The molecule has 6 aromatic rings. The van der Waals surface area contributed by atoms with Gasteiger partial charge in [-0.15, -0.1) is 5.10 Å². The Balaban J connectivity index is 0.985. The van der Waals surface area contributed by atoms with Crippen molar-refractivity contribution in [3.05, 3.63) is 125 Å². The van der Waals surface area contributed by atoms with Gasteiger partial charge < -0.3 is 24.7 Å². The van der Waals surface area contributed by atoms with Gasteiger partial charge in [-0.1, -0.05) is 43.3 Å². The lowest BCUT2D eigenvalue weighted by Gasteiger charge is -2.37. The van der Waals surface area contributed by atoms with Gasteiger partial charge in [-0.25, -0.2) is 32.7 Å². The molecule has 17 nitrogen and oxygen atoms in total. The van der Waals surface area contributed by atoms with Crippen LogP contribution in [-0.4, -0.2) is 91.7 Å². The van der Waals surface area contributed by atoms with Gasteiger partial charge in [-0.2, -0.15) is 13.9 Å². The Morgan fingerprint density at radius 2 is 1.55 bits per heavy atom. The Labute approximate surface area is 329 Å². The number of phosphoric ester groups is 1. The van der Waals surface area contributed by atoms with E-state index in [9.17, 15) is 28.6 Å². The number of halogens is 3. The molecule has 58 heavy (non-hydrogen) atoms. The molecule has 21 heteroatoms. The zero-order chi connectivity index (χ0) is 41.2. The van der Waals surface area contributed by atoms with E-state index in [2.05, 4.69) is 40.4 Å². The van der Waals surface area contributed by atoms with E-state index in [1.165, 1.54) is 42.2 Å². The van der Waals surface area contributed by atoms with Crippen molar-refractivity contribution < 1.29 is 37.2 Å². The van der Waals surface area contributed by atoms with E-state index >= 15 is 8.78 Å². The number of piperazine rings is 1. The lowest BCUT2D eigenvalue weighted by atomic mass is 9.84. The molecule has 4 aromatic heterocycles. The third-order valence-electron chi connectivity index (χ3n) is 10.2. The molecule has 0 bridgehead atoms. The number of hydrogen-bond acceptors (Lipinski definition) is 12. The third kappa shape index (κ3) is 8.14. The maximum atomic E-state index is 16.2. The fourth-order valence-electron chi connectivity index (χ4n) is 7.09. The van der Waals surface area contributed by atoms with Gasteiger partial charge >= 0.3 is 19.4 Å². The summed E-state index contributed by atoms with van der Waals surface area (Å²) in [6.45, 7) is 5.15. The van der Waals surface area contributed by atoms with Gasteiger partial charge in [0.2, 0.25) is 0 Å². The van der Waals surface area contributed by atoms with Crippen molar-refractivity contribution >= 4 is 19.2 Å². The van der Waals surface area contributed by atoms with E-state index in [1.54, 1.807) is 19.2 Å². The van der Waals surface area contributed by atoms with Crippen LogP contribution in [-0.2, 0) is 27.2 Å². The van der Waals surface area contributed by atoms with Gasteiger partial charge in [0.05, 0.1) is 30.6 Å². The summed E-state index contributed by atoms with van der Waals surface area (Å²) in [5.74, 6) is -4.74. The van der Waals surface area contributed by atoms with Gasteiger partial charge in [0.1, 0.15) is 30.0 Å². The number of nitrogens with zero attached hydrogens (tertiary/aromatic N) is 11. The largest absolute Gasteiger partial charge is 0.469 e. The average Bonchev–Trinajstić information content (AvgIpc) is 3.87. The number of aromatic nitrogens is 9. The van der Waals surface area contributed by atoms with Crippen LogP contribution < -0.4 is 15.5 Å². The van der Waals surface area contributed by atoms with Crippen LogP contribution in [0.1, 0.15) is 37.6 Å². The van der Waals surface area contributed by atoms with Crippen LogP contribution >= 0.6 is 7.82 Å². The second kappa shape index (κ2) is 16.2. The molecular weight excluding hydrogens is 782 g/mol. The fourth-order valence-corrected chi connectivity index (χ4v) is 7.66. The van der Waals surface area contributed by atoms with Crippen LogP contribution in [0.5, 0.6) is 0 Å². The van der Waals surface area contributed by atoms with Crippen molar-refractivity contribution in [2.45, 2.75) is 50.5 Å². The number of aliphatic hydroxyl groups is 1. The van der Waals surface area contributed by atoms with Crippen LogP contribution in [0.4, 0.5) is 24.5 Å². The Morgan fingerprint density at radius 1 is 0.879 bits per heavy atom. The SMILES string of the molecule is CC[C@@H]([C@H](C)OP(=O)(O)O)n1ncn(-c2ccc(N3CCN(c4ccc(-c5ccc(C(F)(F)[C@@](O)(Cn6cnnn6)c6ccccc6F)nc5)cc4)CC3)cn2)c1=O. The highest BCUT2D eigenvalue weighted by Gasteiger charge is 2.57. The Morgan fingerprint density at radius 3 is 2.14 bits per heavy atom. The summed E-state index contributed by atoms with van der Waals surface area (Å²) in [5, 5.41) is 26.1. The van der Waals surface area contributed by atoms with Crippen LogP contribution in [0.15, 0.2) is 103 Å². The zero-order valence-corrected chi connectivity index (χ0v) is 32.1. The Hall–Kier alpha value is -5.79. The Bertz CT molecular complexity index is 2420. The molecule has 5 heterocycles. The molecule has 0 radical (unpaired) electrons. The predicted octanol–water partition coefficient (Wildman–Crippen LogP) is 4.07. The number of hydrogen-bond donors (Lipinski definition) is 3. The number of pyridine rings is 2. The van der Waals surface area contributed by atoms with Gasteiger partial charge in [-0.3, -0.25) is 9.51 Å². The summed E-state index contributed by atoms with van der Waals surface area (Å²) in [6.07, 6.45) is 4.68. The van der Waals surface area contributed by atoms with Crippen LogP contribution in [0, 0.1) is 5.82 Å². The first-order chi connectivity index (χ1) is 27.7. The third-order valence-corrected chi connectivity index (χ3v) is 10.8. The molecule has 0 saturated carbocycles. The first-order valence-corrected chi connectivity index (χ1v) is 19.7. The van der Waals surface area contributed by atoms with Crippen molar-refractivity contribution in [2.75, 3.05) is 36.0 Å². The van der Waals surface area contributed by atoms with Crippen molar-refractivity contribution in [2.24, 2.45) is 0 Å². The summed E-state index contributed by atoms with van der Waals surface area (Å²) >= 11 is 0. The first kappa shape index (κ1) is 40.4. The molecular formula is C37H39F3N11O6P. The first-order valence-electron chi connectivity index (χ1n) is 18.2. The minimum atomic E-state index is -4.76. The number of alkyl halides is 2. The molecule has 1 saturated heterocycles. The van der Waals surface area contributed by atoms with E-state index in [4.69, 9.17) is 4.52 Å². The second-order valence-electron chi connectivity index (χ2n) is 13.8. The molecule has 2 aromatic carbocycles. The second-order valence-corrected chi connectivity index (χ2v) is 14.9. The minimum Gasteiger partial charge on any atom is -0.377 e. The number of rotatable bonds is 14. The molecule has 0 amide bonds. The van der Waals surface area contributed by atoms with Crippen molar-refractivity contribution in [3.8, 4) is 16.9 Å². The smallest absolute Gasteiger partial charge is 0.377 e. The van der Waals surface area contributed by atoms with Crippen LogP contribution in [0.25, 0.3) is 16.9 Å². The quantitative estimate of drug-likeness (QED) is 0.133. The predicted molar refractivity (Wildman–Crippen MR) is 204 cm³/mol. The Kier molecular flexibility index (Phi) is 11.3. The molecule has 1 aliphatic heterocycles. The zero-order valence-electron chi connectivity index (χ0n) is 31.2. The standard InChI is InChI=1S/C37H39F3N11O6P/c1-3-32(25(2)57-58(54,55)56)51-35(52)50(24-44-51)34-15-13-29(21-42-34)48-18-16-47(17-19-48)28-11-8-26(9-12-28)27-10-14-33(41-20-27)37(39,40)36(53,22-49-23-43-45-46-49)30-6-4-5-7-31(30)38/h4-15,20-21,23-25,32,53H,3,16-19,22H2,1-2H3,(H2,54,55,56)/t25-,32-,36+/m0/s1. The minimum absolute atomic E-state index is 0.334. The lowest BCUT2D eigenvalue weighted by molar-refractivity contribution is -0.207. The van der Waals surface area contributed by atoms with E-state index in [0.29, 0.717) is 44.0 Å². The molecule has 0 aliphatic carbocycles. The van der Waals surface area contributed by atoms with Gasteiger partial charge in [-0.05, 0) is 65.7 Å². The van der Waals surface area contributed by atoms with E-state index in [-0.39, 0.29) is 0 Å². The highest BCUT2D eigenvalue weighted by Crippen LogP contribution is 2.47. The number of tetrazole rings is 1. The van der Waals surface area contributed by atoms with Crippen molar-refractivity contribution in [3.63, 3.8) is 0 Å². The van der Waals surface area contributed by atoms with Gasteiger partial charge in [0, 0.05) is 49.2 Å². The lowest BCUT2D eigenvalue weighted by Crippen LogP contribution is -2.48. The summed E-state index contributed by atoms with van der Waals surface area (Å²) in [4.78, 5) is 44.5. The van der Waals surface area contributed by atoms with E-state index in [0.717, 1.165) is 50.8 Å². The van der Waals surface area contributed by atoms with E-state index < -0.39 is 60.8 Å². The molecule has 304 valence electrons. The molecule has 1 fully saturated rings. The maximum Gasteiger partial charge on any atom is 0.469 e. The molecule has 3 N–H and O–H groups in total. The average molecular weight is 822 g/mol. The van der Waals surface area contributed by atoms with E-state index in [1.807, 2.05) is 30.3 Å². The van der Waals surface area contributed by atoms with Crippen molar-refractivity contribution in [1.82, 2.24) is 44.5 Å². The summed E-state index contributed by atoms with van der Waals surface area (Å²) in [5.41, 5.74) is -1.87. The summed E-state index contributed by atoms with van der Waals surface area (Å²) in [6, 6.07) is 17.8. The van der Waals surface area contributed by atoms with Crippen LogP contribution in [0.2, 0.25) is 0 Å². The topological polar surface area (TPSA) is 203 Å². The van der Waals surface area contributed by atoms with Crippen LogP contribution in [0.3, 0.4) is 0 Å².